The van der Waals surface area contributed by atoms with Crippen molar-refractivity contribution in [1.82, 2.24) is 5.32 Å². The molecule has 1 N–H and O–H groups in total. The van der Waals surface area contributed by atoms with Gasteiger partial charge in [0.05, 0.1) is 0 Å². The second kappa shape index (κ2) is 3.14. The van der Waals surface area contributed by atoms with Gasteiger partial charge in [0.1, 0.15) is 0 Å². The Balaban J connectivity index is 1.98. The van der Waals surface area contributed by atoms with Crippen molar-refractivity contribution in [3.05, 3.63) is 0 Å². The molecular formula is C10H19N. The van der Waals surface area contributed by atoms with Gasteiger partial charge in [-0.25, -0.2) is 0 Å². The summed E-state index contributed by atoms with van der Waals surface area (Å²) in [5.41, 5.74) is 0. The highest BCUT2D eigenvalue weighted by atomic mass is 15.0. The number of hydrogen-bond acceptors (Lipinski definition) is 1. The van der Waals surface area contributed by atoms with Crippen LogP contribution < -0.4 is 5.32 Å². The lowest BCUT2D eigenvalue weighted by molar-refractivity contribution is 0.270. The van der Waals surface area contributed by atoms with Gasteiger partial charge < -0.3 is 5.32 Å². The van der Waals surface area contributed by atoms with Crippen LogP contribution in [0.2, 0.25) is 0 Å². The quantitative estimate of drug-likeness (QED) is 0.609. The molecule has 0 bridgehead atoms. The lowest BCUT2D eigenvalue weighted by atomic mass is 9.79. The SMILES string of the molecule is CCC1CNC2CCCCC12. The van der Waals surface area contributed by atoms with Crippen molar-refractivity contribution in [2.75, 3.05) is 6.54 Å². The summed E-state index contributed by atoms with van der Waals surface area (Å²) in [6, 6.07) is 0.897. The summed E-state index contributed by atoms with van der Waals surface area (Å²) in [6.07, 6.45) is 7.27. The predicted octanol–water partition coefficient (Wildman–Crippen LogP) is 2.17. The first-order chi connectivity index (χ1) is 5.42. The number of hydrogen-bond donors (Lipinski definition) is 1. The highest BCUT2D eigenvalue weighted by Gasteiger charge is 2.35. The molecule has 1 aliphatic heterocycles. The first-order valence-corrected chi connectivity index (χ1v) is 5.15. The molecule has 0 aromatic rings. The van der Waals surface area contributed by atoms with Gasteiger partial charge in [0.2, 0.25) is 0 Å². The van der Waals surface area contributed by atoms with E-state index in [1.807, 2.05) is 0 Å². The molecule has 0 amide bonds. The smallest absolute Gasteiger partial charge is 0.00985 e. The van der Waals surface area contributed by atoms with Gasteiger partial charge in [-0.3, -0.25) is 0 Å². The molecule has 2 rings (SSSR count). The van der Waals surface area contributed by atoms with E-state index in [1.165, 1.54) is 38.6 Å². The molecule has 3 atom stereocenters. The minimum atomic E-state index is 0.897. The Labute approximate surface area is 69.6 Å². The zero-order valence-corrected chi connectivity index (χ0v) is 7.47. The van der Waals surface area contributed by atoms with E-state index in [1.54, 1.807) is 0 Å². The fourth-order valence-corrected chi connectivity index (χ4v) is 2.88. The molecule has 0 spiro atoms. The van der Waals surface area contributed by atoms with E-state index in [0.29, 0.717) is 0 Å². The minimum Gasteiger partial charge on any atom is -0.313 e. The fraction of sp³-hybridized carbons (Fsp3) is 1.00. The normalized spacial score (nSPS) is 43.9. The Bertz CT molecular complexity index is 127. The summed E-state index contributed by atoms with van der Waals surface area (Å²) in [5, 5.41) is 3.66. The molecule has 1 nitrogen and oxygen atoms in total. The van der Waals surface area contributed by atoms with Crippen LogP contribution >= 0.6 is 0 Å². The van der Waals surface area contributed by atoms with Crippen molar-refractivity contribution in [3.63, 3.8) is 0 Å². The molecule has 64 valence electrons. The maximum Gasteiger partial charge on any atom is 0.00985 e. The first-order valence-electron chi connectivity index (χ1n) is 5.15. The number of rotatable bonds is 1. The van der Waals surface area contributed by atoms with E-state index in [4.69, 9.17) is 0 Å². The van der Waals surface area contributed by atoms with Gasteiger partial charge in [0, 0.05) is 6.04 Å². The summed E-state index contributed by atoms with van der Waals surface area (Å²) in [5.74, 6) is 2.04. The third-order valence-corrected chi connectivity index (χ3v) is 3.59. The fourth-order valence-electron chi connectivity index (χ4n) is 2.88. The predicted molar refractivity (Wildman–Crippen MR) is 47.5 cm³/mol. The van der Waals surface area contributed by atoms with Crippen molar-refractivity contribution in [1.29, 1.82) is 0 Å². The molecule has 0 aromatic heterocycles. The zero-order valence-electron chi connectivity index (χ0n) is 7.47. The lowest BCUT2D eigenvalue weighted by Crippen LogP contribution is -2.30. The number of fused-ring (bicyclic) bond motifs is 1. The summed E-state index contributed by atoms with van der Waals surface area (Å²) in [4.78, 5) is 0. The Kier molecular flexibility index (Phi) is 2.17. The first kappa shape index (κ1) is 7.60. The molecule has 1 saturated carbocycles. The Morgan fingerprint density at radius 2 is 2.09 bits per heavy atom. The molecule has 0 radical (unpaired) electrons. The van der Waals surface area contributed by atoms with Crippen LogP contribution in [0.3, 0.4) is 0 Å². The minimum absolute atomic E-state index is 0.897. The summed E-state index contributed by atoms with van der Waals surface area (Å²) >= 11 is 0. The third kappa shape index (κ3) is 1.31. The van der Waals surface area contributed by atoms with Crippen molar-refractivity contribution in [2.45, 2.75) is 45.1 Å². The molecule has 1 aliphatic carbocycles. The van der Waals surface area contributed by atoms with E-state index in [-0.39, 0.29) is 0 Å². The van der Waals surface area contributed by atoms with Gasteiger partial charge in [-0.2, -0.15) is 0 Å². The lowest BCUT2D eigenvalue weighted by Gasteiger charge is -2.27. The average molecular weight is 153 g/mol. The monoisotopic (exact) mass is 153 g/mol. The van der Waals surface area contributed by atoms with Crippen LogP contribution in [-0.2, 0) is 0 Å². The topological polar surface area (TPSA) is 12.0 Å². The molecule has 1 heterocycles. The summed E-state index contributed by atoms with van der Waals surface area (Å²) in [6.45, 7) is 3.63. The molecule has 2 aliphatic rings. The second-order valence-corrected chi connectivity index (χ2v) is 4.13. The Morgan fingerprint density at radius 1 is 1.27 bits per heavy atom. The van der Waals surface area contributed by atoms with Gasteiger partial charge in [-0.15, -0.1) is 0 Å². The molecule has 1 saturated heterocycles. The highest BCUT2D eigenvalue weighted by molar-refractivity contribution is 4.91. The van der Waals surface area contributed by atoms with E-state index in [0.717, 1.165) is 17.9 Å². The zero-order chi connectivity index (χ0) is 7.68. The van der Waals surface area contributed by atoms with Crippen LogP contribution in [0.5, 0.6) is 0 Å². The highest BCUT2D eigenvalue weighted by Crippen LogP contribution is 2.35. The van der Waals surface area contributed by atoms with Crippen LogP contribution in [0.25, 0.3) is 0 Å². The van der Waals surface area contributed by atoms with Crippen LogP contribution in [0.4, 0.5) is 0 Å². The maximum atomic E-state index is 3.66. The molecule has 3 unspecified atom stereocenters. The van der Waals surface area contributed by atoms with Gasteiger partial charge >= 0.3 is 0 Å². The van der Waals surface area contributed by atoms with E-state index < -0.39 is 0 Å². The third-order valence-electron chi connectivity index (χ3n) is 3.59. The van der Waals surface area contributed by atoms with Gasteiger partial charge in [-0.05, 0) is 31.2 Å². The Morgan fingerprint density at radius 3 is 2.91 bits per heavy atom. The van der Waals surface area contributed by atoms with Crippen LogP contribution in [-0.4, -0.2) is 12.6 Å². The molecular weight excluding hydrogens is 134 g/mol. The average Bonchev–Trinajstić information content (AvgIpc) is 2.47. The van der Waals surface area contributed by atoms with Gasteiger partial charge in [0.25, 0.3) is 0 Å². The van der Waals surface area contributed by atoms with E-state index >= 15 is 0 Å². The van der Waals surface area contributed by atoms with Crippen LogP contribution in [0, 0.1) is 11.8 Å². The molecule has 11 heavy (non-hydrogen) atoms. The Hall–Kier alpha value is -0.0400. The summed E-state index contributed by atoms with van der Waals surface area (Å²) in [7, 11) is 0. The molecule has 0 aromatic carbocycles. The van der Waals surface area contributed by atoms with E-state index in [2.05, 4.69) is 12.2 Å². The maximum absolute atomic E-state index is 3.66. The van der Waals surface area contributed by atoms with Gasteiger partial charge in [-0.1, -0.05) is 26.2 Å². The van der Waals surface area contributed by atoms with Crippen molar-refractivity contribution in [3.8, 4) is 0 Å². The van der Waals surface area contributed by atoms with Crippen molar-refractivity contribution in [2.24, 2.45) is 11.8 Å². The largest absolute Gasteiger partial charge is 0.313 e. The van der Waals surface area contributed by atoms with E-state index in [9.17, 15) is 0 Å². The molecule has 1 heteroatoms. The van der Waals surface area contributed by atoms with Crippen molar-refractivity contribution >= 4 is 0 Å². The number of nitrogens with one attached hydrogen (secondary N) is 1. The molecule has 2 fully saturated rings. The van der Waals surface area contributed by atoms with Gasteiger partial charge in [0.15, 0.2) is 0 Å². The second-order valence-electron chi connectivity index (χ2n) is 4.13. The van der Waals surface area contributed by atoms with Crippen LogP contribution in [0.15, 0.2) is 0 Å². The standard InChI is InChI=1S/C10H19N/c1-2-8-7-11-10-6-4-3-5-9(8)10/h8-11H,2-7H2,1H3. The summed E-state index contributed by atoms with van der Waals surface area (Å²) < 4.78 is 0. The van der Waals surface area contributed by atoms with Crippen molar-refractivity contribution < 1.29 is 0 Å². The van der Waals surface area contributed by atoms with Crippen LogP contribution in [0.1, 0.15) is 39.0 Å².